The van der Waals surface area contributed by atoms with Gasteiger partial charge in [-0.15, -0.1) is 0 Å². The quantitative estimate of drug-likeness (QED) is 0.427. The monoisotopic (exact) mass is 468 g/mol. The summed E-state index contributed by atoms with van der Waals surface area (Å²) >= 11 is 18.6. The van der Waals surface area contributed by atoms with Gasteiger partial charge in [-0.25, -0.2) is 9.18 Å². The van der Waals surface area contributed by atoms with Crippen LogP contribution in [0.15, 0.2) is 48.5 Å². The van der Waals surface area contributed by atoms with Gasteiger partial charge in [-0.3, -0.25) is 0 Å². The normalized spacial score (nSPS) is 11.9. The van der Waals surface area contributed by atoms with Crippen LogP contribution in [0.1, 0.15) is 18.1 Å². The Morgan fingerprint density at radius 2 is 1.70 bits per heavy atom. The van der Waals surface area contributed by atoms with Crippen molar-refractivity contribution in [1.82, 2.24) is 0 Å². The van der Waals surface area contributed by atoms with Crippen LogP contribution in [0, 0.1) is 5.82 Å². The first-order valence-electron chi connectivity index (χ1n) is 8.80. The molecule has 0 saturated carbocycles. The SMILES string of the molecule is C[C@@H](Oc1cc(Cl)c(Cc2ccc(O)c(-c3ccc(F)c(Cl)c3)c2)c(Cl)c1)C(=O)O. The Kier molecular flexibility index (Phi) is 6.76. The molecular weight excluding hydrogens is 454 g/mol. The number of hydrogen-bond donors (Lipinski definition) is 2. The maximum atomic E-state index is 13.5. The van der Waals surface area contributed by atoms with Crippen LogP contribution < -0.4 is 4.74 Å². The zero-order valence-electron chi connectivity index (χ0n) is 15.6. The molecule has 3 rings (SSSR count). The van der Waals surface area contributed by atoms with Crippen LogP contribution in [0.4, 0.5) is 4.39 Å². The highest BCUT2D eigenvalue weighted by Crippen LogP contribution is 2.36. The summed E-state index contributed by atoms with van der Waals surface area (Å²) in [5.41, 5.74) is 2.45. The highest BCUT2D eigenvalue weighted by molar-refractivity contribution is 6.36. The average Bonchev–Trinajstić information content (AvgIpc) is 2.68. The summed E-state index contributed by atoms with van der Waals surface area (Å²) in [6.07, 6.45) is -0.709. The summed E-state index contributed by atoms with van der Waals surface area (Å²) in [5, 5.41) is 19.8. The van der Waals surface area contributed by atoms with Gasteiger partial charge in [-0.05, 0) is 60.0 Å². The number of carboxylic acid groups (broad SMARTS) is 1. The second kappa shape index (κ2) is 9.13. The first kappa shape index (κ1) is 22.2. The molecule has 3 aromatic carbocycles. The third-order valence-electron chi connectivity index (χ3n) is 4.45. The van der Waals surface area contributed by atoms with E-state index in [9.17, 15) is 14.3 Å². The number of phenolic OH excluding ortho intramolecular Hbond substituents is 1. The van der Waals surface area contributed by atoms with Crippen molar-refractivity contribution in [3.63, 3.8) is 0 Å². The fraction of sp³-hybridized carbons (Fsp3) is 0.136. The number of benzene rings is 3. The first-order valence-corrected chi connectivity index (χ1v) is 9.93. The first-order chi connectivity index (χ1) is 14.2. The predicted octanol–water partition coefficient (Wildman–Crippen LogP) is 6.60. The minimum absolute atomic E-state index is 0.0185. The van der Waals surface area contributed by atoms with Gasteiger partial charge in [-0.2, -0.15) is 0 Å². The molecular formula is C22H16Cl3FO4. The van der Waals surface area contributed by atoms with Crippen molar-refractivity contribution in [2.45, 2.75) is 19.4 Å². The van der Waals surface area contributed by atoms with Gasteiger partial charge in [0.05, 0.1) is 5.02 Å². The summed E-state index contributed by atoms with van der Waals surface area (Å²) in [6, 6.07) is 12.2. The molecule has 0 unspecified atom stereocenters. The molecule has 30 heavy (non-hydrogen) atoms. The number of phenols is 1. The van der Waals surface area contributed by atoms with Crippen LogP contribution in [0.5, 0.6) is 11.5 Å². The Morgan fingerprint density at radius 3 is 2.30 bits per heavy atom. The summed E-state index contributed by atoms with van der Waals surface area (Å²) in [6.45, 7) is 1.40. The molecule has 0 aliphatic carbocycles. The van der Waals surface area contributed by atoms with E-state index in [1.807, 2.05) is 0 Å². The Balaban J connectivity index is 1.91. The van der Waals surface area contributed by atoms with Crippen molar-refractivity contribution in [2.75, 3.05) is 0 Å². The third-order valence-corrected chi connectivity index (χ3v) is 5.41. The fourth-order valence-corrected chi connectivity index (χ4v) is 3.64. The molecule has 0 radical (unpaired) electrons. The molecule has 0 saturated heterocycles. The van der Waals surface area contributed by atoms with Crippen LogP contribution in [-0.2, 0) is 11.2 Å². The number of rotatable bonds is 6. The Morgan fingerprint density at radius 1 is 1.03 bits per heavy atom. The van der Waals surface area contributed by atoms with E-state index in [0.717, 1.165) is 5.56 Å². The second-order valence-electron chi connectivity index (χ2n) is 6.62. The largest absolute Gasteiger partial charge is 0.507 e. The van der Waals surface area contributed by atoms with E-state index in [1.54, 1.807) is 12.1 Å². The molecule has 0 heterocycles. The van der Waals surface area contributed by atoms with Crippen molar-refractivity contribution >= 4 is 40.8 Å². The van der Waals surface area contributed by atoms with Crippen molar-refractivity contribution in [3.05, 3.63) is 80.5 Å². The molecule has 8 heteroatoms. The number of hydrogen-bond acceptors (Lipinski definition) is 3. The smallest absolute Gasteiger partial charge is 0.344 e. The average molecular weight is 470 g/mol. The molecule has 3 aromatic rings. The van der Waals surface area contributed by atoms with Crippen molar-refractivity contribution < 1.29 is 24.1 Å². The Hall–Kier alpha value is -2.47. The van der Waals surface area contributed by atoms with Crippen molar-refractivity contribution in [3.8, 4) is 22.6 Å². The van der Waals surface area contributed by atoms with Crippen LogP contribution in [0.25, 0.3) is 11.1 Å². The van der Waals surface area contributed by atoms with Crippen molar-refractivity contribution in [2.24, 2.45) is 0 Å². The fourth-order valence-electron chi connectivity index (χ4n) is 2.86. The van der Waals surface area contributed by atoms with Gasteiger partial charge < -0.3 is 14.9 Å². The minimum atomic E-state index is -1.11. The molecule has 4 nitrogen and oxygen atoms in total. The molecule has 0 fully saturated rings. The summed E-state index contributed by atoms with van der Waals surface area (Å²) in [7, 11) is 0. The van der Waals surface area contributed by atoms with E-state index in [2.05, 4.69) is 0 Å². The molecule has 156 valence electrons. The molecule has 0 amide bonds. The second-order valence-corrected chi connectivity index (χ2v) is 7.84. The zero-order chi connectivity index (χ0) is 22.0. The van der Waals surface area contributed by atoms with E-state index in [0.29, 0.717) is 33.2 Å². The zero-order valence-corrected chi connectivity index (χ0v) is 17.9. The van der Waals surface area contributed by atoms with E-state index in [1.165, 1.54) is 43.3 Å². The summed E-state index contributed by atoms with van der Waals surface area (Å²) in [5.74, 6) is -1.39. The Bertz CT molecular complexity index is 1090. The number of ether oxygens (including phenoxy) is 1. The van der Waals surface area contributed by atoms with Gasteiger partial charge in [-0.1, -0.05) is 46.9 Å². The number of carboxylic acids is 1. The van der Waals surface area contributed by atoms with E-state index < -0.39 is 17.9 Å². The van der Waals surface area contributed by atoms with Gasteiger partial charge in [0.1, 0.15) is 17.3 Å². The number of carbonyl (C=O) groups is 1. The Labute approximate surface area is 187 Å². The molecule has 2 N–H and O–H groups in total. The molecule has 0 aromatic heterocycles. The summed E-state index contributed by atoms with van der Waals surface area (Å²) in [4.78, 5) is 11.0. The van der Waals surface area contributed by atoms with Gasteiger partial charge in [0.25, 0.3) is 0 Å². The van der Waals surface area contributed by atoms with Gasteiger partial charge >= 0.3 is 5.97 Å². The lowest BCUT2D eigenvalue weighted by Crippen LogP contribution is -2.22. The van der Waals surface area contributed by atoms with Gasteiger partial charge in [0, 0.05) is 22.0 Å². The standard InChI is InChI=1S/C22H16Cl3FO4/c1-11(22(28)29)30-14-9-17(23)16(18(24)10-14)7-12-2-5-21(27)15(6-12)13-3-4-20(26)19(25)8-13/h2-6,8-11,27H,7H2,1H3,(H,28,29)/t11-/m1/s1. The topological polar surface area (TPSA) is 66.8 Å². The minimum Gasteiger partial charge on any atom is -0.507 e. The maximum Gasteiger partial charge on any atom is 0.344 e. The summed E-state index contributed by atoms with van der Waals surface area (Å²) < 4.78 is 18.8. The molecule has 1 atom stereocenters. The highest BCUT2D eigenvalue weighted by Gasteiger charge is 2.16. The lowest BCUT2D eigenvalue weighted by atomic mass is 9.98. The molecule has 0 aliphatic rings. The van der Waals surface area contributed by atoms with Crippen LogP contribution in [0.2, 0.25) is 15.1 Å². The lowest BCUT2D eigenvalue weighted by molar-refractivity contribution is -0.144. The highest BCUT2D eigenvalue weighted by atomic mass is 35.5. The molecule has 0 aliphatic heterocycles. The van der Waals surface area contributed by atoms with Crippen LogP contribution in [-0.4, -0.2) is 22.3 Å². The number of aromatic hydroxyl groups is 1. The predicted molar refractivity (Wildman–Crippen MR) is 116 cm³/mol. The molecule has 0 bridgehead atoms. The van der Waals surface area contributed by atoms with Gasteiger partial charge in [0.2, 0.25) is 0 Å². The third kappa shape index (κ3) is 4.98. The van der Waals surface area contributed by atoms with Crippen LogP contribution in [0.3, 0.4) is 0 Å². The van der Waals surface area contributed by atoms with E-state index >= 15 is 0 Å². The van der Waals surface area contributed by atoms with Gasteiger partial charge in [0.15, 0.2) is 6.10 Å². The maximum absolute atomic E-state index is 13.5. The van der Waals surface area contributed by atoms with Crippen LogP contribution >= 0.6 is 34.8 Å². The lowest BCUT2D eigenvalue weighted by Gasteiger charge is -2.14. The molecule has 0 spiro atoms. The van der Waals surface area contributed by atoms with E-state index in [4.69, 9.17) is 44.6 Å². The van der Waals surface area contributed by atoms with E-state index in [-0.39, 0.29) is 16.5 Å². The number of halogens is 4. The number of aliphatic carboxylic acids is 1. The van der Waals surface area contributed by atoms with Crippen molar-refractivity contribution in [1.29, 1.82) is 0 Å².